The molecule has 6 nitrogen and oxygen atoms in total. The Kier molecular flexibility index (Phi) is 5.75. The fourth-order valence-electron chi connectivity index (χ4n) is 3.59. The lowest BCUT2D eigenvalue weighted by Gasteiger charge is -2.39. The first-order valence-corrected chi connectivity index (χ1v) is 9.83. The molecule has 3 rings (SSSR count). The number of ether oxygens (including phenoxy) is 3. The van der Waals surface area contributed by atoms with Gasteiger partial charge in [-0.15, -0.1) is 6.58 Å². The fraction of sp³-hybridized carbons (Fsp3) is 0.435. The zero-order valence-corrected chi connectivity index (χ0v) is 17.7. The van der Waals surface area contributed by atoms with Gasteiger partial charge in [-0.1, -0.05) is 6.08 Å². The number of allylic oxidation sites excluding steroid dienone is 1. The van der Waals surface area contributed by atoms with Crippen LogP contribution in [0.2, 0.25) is 0 Å². The molecule has 1 aromatic carbocycles. The van der Waals surface area contributed by atoms with Crippen molar-refractivity contribution in [2.24, 2.45) is 0 Å². The van der Waals surface area contributed by atoms with Crippen LogP contribution in [0, 0.1) is 0 Å². The molecule has 1 aromatic heterocycles. The maximum Gasteiger partial charge on any atom is 0.240 e. The van der Waals surface area contributed by atoms with Gasteiger partial charge in [0.1, 0.15) is 5.75 Å². The average molecular weight is 399 g/mol. The summed E-state index contributed by atoms with van der Waals surface area (Å²) in [4.78, 5) is 12.8. The minimum absolute atomic E-state index is 0.0899. The molecule has 156 valence electrons. The molecule has 1 aliphatic rings. The van der Waals surface area contributed by atoms with Gasteiger partial charge in [0.05, 0.1) is 19.3 Å². The summed E-state index contributed by atoms with van der Waals surface area (Å²) in [6, 6.07) is 5.76. The molecule has 1 unspecified atom stereocenters. The Morgan fingerprint density at radius 3 is 2.48 bits per heavy atom. The van der Waals surface area contributed by atoms with Crippen LogP contribution in [0.25, 0.3) is 10.9 Å². The standard InChI is InChI=1S/C23H29NO5/c1-7-10-24-13-16(18-11-17(27-6)8-9-19(18)24)12-23(26)21(25)20(28-14(2)3)22(23)29-15(4)5/h7-9,11,13-15,26H,1,10,12H2,2-6H3. The van der Waals surface area contributed by atoms with Crippen molar-refractivity contribution in [1.29, 1.82) is 0 Å². The molecule has 0 amide bonds. The molecule has 2 aromatic rings. The zero-order valence-electron chi connectivity index (χ0n) is 17.7. The lowest BCUT2D eigenvalue weighted by atomic mass is 9.78. The second-order valence-electron chi connectivity index (χ2n) is 7.84. The zero-order chi connectivity index (χ0) is 21.3. The minimum Gasteiger partial charge on any atom is -0.497 e. The largest absolute Gasteiger partial charge is 0.497 e. The Morgan fingerprint density at radius 1 is 1.21 bits per heavy atom. The molecule has 0 saturated heterocycles. The van der Waals surface area contributed by atoms with E-state index in [1.807, 2.05) is 56.7 Å². The average Bonchev–Trinajstić information content (AvgIpc) is 3.00. The summed E-state index contributed by atoms with van der Waals surface area (Å²) in [5.41, 5.74) is 0.0558. The summed E-state index contributed by atoms with van der Waals surface area (Å²) in [7, 11) is 1.61. The first-order chi connectivity index (χ1) is 13.7. The van der Waals surface area contributed by atoms with E-state index < -0.39 is 11.4 Å². The van der Waals surface area contributed by atoms with Crippen molar-refractivity contribution in [3.8, 4) is 5.75 Å². The summed E-state index contributed by atoms with van der Waals surface area (Å²) in [6.45, 7) is 11.8. The normalized spacial score (nSPS) is 19.1. The molecule has 6 heteroatoms. The van der Waals surface area contributed by atoms with Crippen LogP contribution in [0.1, 0.15) is 33.3 Å². The van der Waals surface area contributed by atoms with Gasteiger partial charge in [0.2, 0.25) is 11.5 Å². The Bertz CT molecular complexity index is 969. The first kappa shape index (κ1) is 21.0. The first-order valence-electron chi connectivity index (χ1n) is 9.83. The second-order valence-corrected chi connectivity index (χ2v) is 7.84. The number of fused-ring (bicyclic) bond motifs is 1. The topological polar surface area (TPSA) is 69.9 Å². The number of carbonyl (C=O) groups excluding carboxylic acids is 1. The van der Waals surface area contributed by atoms with Gasteiger partial charge < -0.3 is 23.9 Å². The second kappa shape index (κ2) is 7.95. The van der Waals surface area contributed by atoms with Gasteiger partial charge in [-0.3, -0.25) is 4.79 Å². The van der Waals surface area contributed by atoms with E-state index in [1.54, 1.807) is 13.2 Å². The van der Waals surface area contributed by atoms with Crippen LogP contribution in [0.3, 0.4) is 0 Å². The number of ketones is 1. The lowest BCUT2D eigenvalue weighted by Crippen LogP contribution is -2.55. The number of benzene rings is 1. The van der Waals surface area contributed by atoms with E-state index in [1.165, 1.54) is 0 Å². The van der Waals surface area contributed by atoms with Crippen LogP contribution in [-0.2, 0) is 27.2 Å². The number of hydrogen-bond donors (Lipinski definition) is 1. The maximum atomic E-state index is 12.8. The molecular formula is C23H29NO5. The fourth-order valence-corrected chi connectivity index (χ4v) is 3.59. The molecular weight excluding hydrogens is 370 g/mol. The Hall–Kier alpha value is -2.73. The Balaban J connectivity index is 2.05. The van der Waals surface area contributed by atoms with Crippen molar-refractivity contribution in [1.82, 2.24) is 4.57 Å². The van der Waals surface area contributed by atoms with E-state index in [9.17, 15) is 9.90 Å². The molecule has 1 heterocycles. The third-order valence-electron chi connectivity index (χ3n) is 4.81. The number of rotatable bonds is 9. The van der Waals surface area contributed by atoms with E-state index in [0.29, 0.717) is 12.3 Å². The number of aliphatic hydroxyl groups is 1. The summed E-state index contributed by atoms with van der Waals surface area (Å²) in [5.74, 6) is 0.580. The molecule has 0 radical (unpaired) electrons. The highest BCUT2D eigenvalue weighted by Gasteiger charge is 2.57. The van der Waals surface area contributed by atoms with Crippen molar-refractivity contribution in [2.45, 2.75) is 58.5 Å². The predicted molar refractivity (Wildman–Crippen MR) is 112 cm³/mol. The molecule has 29 heavy (non-hydrogen) atoms. The van der Waals surface area contributed by atoms with Crippen LogP contribution in [0.4, 0.5) is 0 Å². The van der Waals surface area contributed by atoms with Gasteiger partial charge in [0.25, 0.3) is 0 Å². The third-order valence-corrected chi connectivity index (χ3v) is 4.81. The van der Waals surface area contributed by atoms with Crippen LogP contribution in [0.5, 0.6) is 5.75 Å². The highest BCUT2D eigenvalue weighted by molar-refractivity contribution is 6.10. The van der Waals surface area contributed by atoms with Gasteiger partial charge in [-0.25, -0.2) is 0 Å². The van der Waals surface area contributed by atoms with E-state index in [0.717, 1.165) is 16.5 Å². The monoisotopic (exact) mass is 399 g/mol. The SMILES string of the molecule is C=CCn1cc(CC2(O)C(=O)C(OC(C)C)=C2OC(C)C)c2cc(OC)ccc21. The smallest absolute Gasteiger partial charge is 0.240 e. The van der Waals surface area contributed by atoms with Crippen molar-refractivity contribution in [3.05, 3.63) is 54.1 Å². The van der Waals surface area contributed by atoms with Crippen LogP contribution in [0.15, 0.2) is 48.6 Å². The van der Waals surface area contributed by atoms with Gasteiger partial charge in [0, 0.05) is 30.1 Å². The number of aromatic nitrogens is 1. The quantitative estimate of drug-likeness (QED) is 0.650. The number of carbonyl (C=O) groups is 1. The molecule has 0 bridgehead atoms. The van der Waals surface area contributed by atoms with Crippen LogP contribution >= 0.6 is 0 Å². The minimum atomic E-state index is -1.75. The lowest BCUT2D eigenvalue weighted by molar-refractivity contribution is -0.150. The van der Waals surface area contributed by atoms with Crippen molar-refractivity contribution < 1.29 is 24.1 Å². The molecule has 0 saturated carbocycles. The highest BCUT2D eigenvalue weighted by Crippen LogP contribution is 2.42. The highest BCUT2D eigenvalue weighted by atomic mass is 16.6. The van der Waals surface area contributed by atoms with Crippen LogP contribution in [-0.4, -0.2) is 40.4 Å². The number of methoxy groups -OCH3 is 1. The van der Waals surface area contributed by atoms with Gasteiger partial charge in [-0.2, -0.15) is 0 Å². The van der Waals surface area contributed by atoms with Crippen molar-refractivity contribution in [2.75, 3.05) is 7.11 Å². The Morgan fingerprint density at radius 2 is 1.90 bits per heavy atom. The molecule has 1 atom stereocenters. The summed E-state index contributed by atoms with van der Waals surface area (Å²) in [5, 5.41) is 12.2. The van der Waals surface area contributed by atoms with E-state index >= 15 is 0 Å². The van der Waals surface area contributed by atoms with Gasteiger partial charge in [-0.05, 0) is 51.5 Å². The number of hydrogen-bond acceptors (Lipinski definition) is 5. The molecule has 1 N–H and O–H groups in total. The maximum absolute atomic E-state index is 12.8. The van der Waals surface area contributed by atoms with Gasteiger partial charge in [0.15, 0.2) is 11.4 Å². The summed E-state index contributed by atoms with van der Waals surface area (Å²) in [6.07, 6.45) is 3.44. The molecule has 1 aliphatic carbocycles. The number of nitrogens with zero attached hydrogens (tertiary/aromatic N) is 1. The van der Waals surface area contributed by atoms with Crippen molar-refractivity contribution >= 4 is 16.7 Å². The molecule has 0 aliphatic heterocycles. The summed E-state index contributed by atoms with van der Waals surface area (Å²) < 4.78 is 18.8. The van der Waals surface area contributed by atoms with Gasteiger partial charge >= 0.3 is 0 Å². The number of Topliss-reactive ketones (excluding diaryl/α,β-unsaturated/α-hetero) is 1. The van der Waals surface area contributed by atoms with E-state index in [4.69, 9.17) is 14.2 Å². The Labute approximate surface area is 171 Å². The third kappa shape index (κ3) is 3.77. The predicted octanol–water partition coefficient (Wildman–Crippen LogP) is 3.75. The molecule has 0 spiro atoms. The van der Waals surface area contributed by atoms with Crippen molar-refractivity contribution in [3.63, 3.8) is 0 Å². The van der Waals surface area contributed by atoms with Crippen LogP contribution < -0.4 is 4.74 Å². The van der Waals surface area contributed by atoms with E-state index in [-0.39, 0.29) is 30.1 Å². The molecule has 0 fully saturated rings. The van der Waals surface area contributed by atoms with E-state index in [2.05, 4.69) is 6.58 Å². The summed E-state index contributed by atoms with van der Waals surface area (Å²) >= 11 is 0.